The molecule has 2 N–H and O–H groups in total. The first-order chi connectivity index (χ1) is 17.8. The average Bonchev–Trinajstić information content (AvgIpc) is 3.31. The van der Waals surface area contributed by atoms with Crippen LogP contribution in [0, 0.1) is 0 Å². The first-order valence-corrected chi connectivity index (χ1v) is 14.7. The molecule has 1 aromatic carbocycles. The fourth-order valence-electron chi connectivity index (χ4n) is 4.33. The van der Waals surface area contributed by atoms with Crippen LogP contribution in [0.2, 0.25) is 0 Å². The van der Waals surface area contributed by atoms with Gasteiger partial charge in [0.25, 0.3) is 0 Å². The third kappa shape index (κ3) is 5.76. The lowest BCUT2D eigenvalue weighted by Crippen LogP contribution is -2.46. The van der Waals surface area contributed by atoms with E-state index in [-0.39, 0.29) is 0 Å². The van der Waals surface area contributed by atoms with Crippen LogP contribution in [0.4, 0.5) is 23.1 Å². The van der Waals surface area contributed by atoms with E-state index < -0.39 is 10.0 Å². The van der Waals surface area contributed by atoms with E-state index in [1.165, 1.54) is 11.3 Å². The topological polar surface area (TPSA) is 113 Å². The van der Waals surface area contributed by atoms with E-state index in [1.807, 2.05) is 29.6 Å². The van der Waals surface area contributed by atoms with E-state index in [2.05, 4.69) is 31.7 Å². The summed E-state index contributed by atoms with van der Waals surface area (Å²) < 4.78 is 32.4. The summed E-state index contributed by atoms with van der Waals surface area (Å²) in [6.45, 7) is 7.14. The molecule has 0 bridgehead atoms. The number of piperazine rings is 1. The molecule has 12 heteroatoms. The molecule has 194 valence electrons. The number of fused-ring (bicyclic) bond motifs is 1. The number of rotatable bonds is 8. The third-order valence-electron chi connectivity index (χ3n) is 6.22. The van der Waals surface area contributed by atoms with Crippen molar-refractivity contribution in [2.24, 2.45) is 0 Å². The molecule has 5 rings (SSSR count). The van der Waals surface area contributed by atoms with Crippen molar-refractivity contribution in [3.8, 4) is 17.0 Å². The zero-order valence-electron chi connectivity index (χ0n) is 20.9. The van der Waals surface area contributed by atoms with Gasteiger partial charge < -0.3 is 19.9 Å². The van der Waals surface area contributed by atoms with Gasteiger partial charge in [-0.25, -0.2) is 18.4 Å². The number of nitrogens with one attached hydrogen (secondary N) is 2. The molecule has 0 radical (unpaired) electrons. The monoisotopic (exact) mass is 539 g/mol. The van der Waals surface area contributed by atoms with Crippen molar-refractivity contribution in [2.45, 2.75) is 6.92 Å². The Kier molecular flexibility index (Phi) is 7.13. The number of benzene rings is 1. The lowest BCUT2D eigenvalue weighted by atomic mass is 10.1. The third-order valence-corrected chi connectivity index (χ3v) is 7.73. The lowest BCUT2D eigenvalue weighted by Gasteiger charge is -2.34. The van der Waals surface area contributed by atoms with Crippen molar-refractivity contribution in [1.29, 1.82) is 0 Å². The van der Waals surface area contributed by atoms with Gasteiger partial charge in [-0.15, -0.1) is 11.3 Å². The summed E-state index contributed by atoms with van der Waals surface area (Å²) in [5.41, 5.74) is 3.70. The van der Waals surface area contributed by atoms with Crippen molar-refractivity contribution in [3.05, 3.63) is 48.0 Å². The van der Waals surface area contributed by atoms with E-state index >= 15 is 0 Å². The van der Waals surface area contributed by atoms with Crippen molar-refractivity contribution in [1.82, 2.24) is 19.9 Å². The van der Waals surface area contributed by atoms with Crippen LogP contribution >= 0.6 is 11.3 Å². The van der Waals surface area contributed by atoms with Gasteiger partial charge in [-0.3, -0.25) is 4.72 Å². The smallest absolute Gasteiger partial charge is 0.239 e. The van der Waals surface area contributed by atoms with Crippen LogP contribution < -0.4 is 19.7 Å². The highest BCUT2D eigenvalue weighted by atomic mass is 32.2. The largest absolute Gasteiger partial charge is 0.479 e. The standard InChI is InChI=1S/C25H29N7O3S2/c1-4-31-10-12-32(13-11-31)22-9-8-20(24(28-22)35-2)27-25-26-15-21-23(29-25)19(16-36-21)17-6-5-7-18(14-17)30-37(3,33)34/h5-9,14-16,30H,4,10-13H2,1-3H3,(H,26,27,29). The second-order valence-corrected chi connectivity index (χ2v) is 11.4. The summed E-state index contributed by atoms with van der Waals surface area (Å²) in [4.78, 5) is 18.7. The molecule has 37 heavy (non-hydrogen) atoms. The summed E-state index contributed by atoms with van der Waals surface area (Å²) in [7, 11) is -1.77. The fraction of sp³-hybridized carbons (Fsp3) is 0.320. The molecule has 0 atom stereocenters. The van der Waals surface area contributed by atoms with Crippen LogP contribution in [0.1, 0.15) is 6.92 Å². The van der Waals surface area contributed by atoms with Gasteiger partial charge in [0, 0.05) is 42.8 Å². The van der Waals surface area contributed by atoms with Crippen LogP contribution in [0.25, 0.3) is 21.3 Å². The molecule has 0 spiro atoms. The molecule has 1 saturated heterocycles. The zero-order valence-corrected chi connectivity index (χ0v) is 22.6. The number of thiophene rings is 1. The molecule has 4 aromatic rings. The van der Waals surface area contributed by atoms with E-state index in [4.69, 9.17) is 14.7 Å². The molecule has 4 heterocycles. The van der Waals surface area contributed by atoms with E-state index in [9.17, 15) is 8.42 Å². The van der Waals surface area contributed by atoms with Crippen LogP contribution in [0.5, 0.6) is 5.88 Å². The van der Waals surface area contributed by atoms with Crippen LogP contribution in [0.3, 0.4) is 0 Å². The summed E-state index contributed by atoms with van der Waals surface area (Å²) in [6.07, 6.45) is 2.91. The molecule has 1 aliphatic rings. The second-order valence-electron chi connectivity index (χ2n) is 8.78. The number of pyridine rings is 1. The second kappa shape index (κ2) is 10.5. The molecule has 0 unspecified atom stereocenters. The highest BCUT2D eigenvalue weighted by Gasteiger charge is 2.19. The molecule has 1 aliphatic heterocycles. The Morgan fingerprint density at radius 2 is 1.92 bits per heavy atom. The minimum Gasteiger partial charge on any atom is -0.479 e. The van der Waals surface area contributed by atoms with Gasteiger partial charge in [0.05, 0.1) is 29.8 Å². The van der Waals surface area contributed by atoms with E-state index in [0.717, 1.165) is 66.1 Å². The van der Waals surface area contributed by atoms with Crippen molar-refractivity contribution in [2.75, 3.05) is 61.0 Å². The van der Waals surface area contributed by atoms with E-state index in [0.29, 0.717) is 23.2 Å². The summed E-state index contributed by atoms with van der Waals surface area (Å²) in [5.74, 6) is 1.78. The predicted octanol–water partition coefficient (Wildman–Crippen LogP) is 4.02. The van der Waals surface area contributed by atoms with Crippen LogP contribution in [-0.4, -0.2) is 74.4 Å². The maximum Gasteiger partial charge on any atom is 0.239 e. The highest BCUT2D eigenvalue weighted by Crippen LogP contribution is 2.35. The Hall–Kier alpha value is -3.48. The number of sulfonamides is 1. The lowest BCUT2D eigenvalue weighted by molar-refractivity contribution is 0.270. The summed E-state index contributed by atoms with van der Waals surface area (Å²) in [5, 5.41) is 5.25. The molecule has 3 aromatic heterocycles. The minimum absolute atomic E-state index is 0.418. The van der Waals surface area contributed by atoms with Gasteiger partial charge in [-0.1, -0.05) is 19.1 Å². The maximum atomic E-state index is 11.7. The number of likely N-dealkylation sites (N-methyl/N-ethyl adjacent to an activating group) is 1. The van der Waals surface area contributed by atoms with Crippen molar-refractivity contribution >= 4 is 54.7 Å². The van der Waals surface area contributed by atoms with Crippen LogP contribution in [0.15, 0.2) is 48.0 Å². The molecular formula is C25H29N7O3S2. The SMILES string of the molecule is CCN1CCN(c2ccc(Nc3ncc4scc(-c5cccc(NS(C)(=O)=O)c5)c4n3)c(OC)n2)CC1. The number of anilines is 4. The zero-order chi connectivity index (χ0) is 26.0. The Morgan fingerprint density at radius 1 is 1.11 bits per heavy atom. The van der Waals surface area contributed by atoms with Crippen LogP contribution in [-0.2, 0) is 10.0 Å². The molecule has 0 aliphatic carbocycles. The Morgan fingerprint density at radius 3 is 2.65 bits per heavy atom. The summed E-state index contributed by atoms with van der Waals surface area (Å²) >= 11 is 1.53. The number of nitrogens with zero attached hydrogens (tertiary/aromatic N) is 5. The number of ether oxygens (including phenoxy) is 1. The minimum atomic E-state index is -3.37. The number of hydrogen-bond acceptors (Lipinski definition) is 10. The number of aromatic nitrogens is 3. The average molecular weight is 540 g/mol. The molecular weight excluding hydrogens is 510 g/mol. The van der Waals surface area contributed by atoms with Crippen molar-refractivity contribution < 1.29 is 13.2 Å². The van der Waals surface area contributed by atoms with Gasteiger partial charge >= 0.3 is 0 Å². The maximum absolute atomic E-state index is 11.7. The number of hydrogen-bond donors (Lipinski definition) is 2. The quantitative estimate of drug-likeness (QED) is 0.343. The summed E-state index contributed by atoms with van der Waals surface area (Å²) in [6, 6.07) is 11.2. The van der Waals surface area contributed by atoms with E-state index in [1.54, 1.807) is 25.4 Å². The highest BCUT2D eigenvalue weighted by molar-refractivity contribution is 7.92. The van der Waals surface area contributed by atoms with Gasteiger partial charge in [0.1, 0.15) is 11.5 Å². The first-order valence-electron chi connectivity index (χ1n) is 11.9. The Labute approximate surface area is 220 Å². The Balaban J connectivity index is 1.40. The normalized spacial score (nSPS) is 14.6. The van der Waals surface area contributed by atoms with Gasteiger partial charge in [0.15, 0.2) is 0 Å². The first kappa shape index (κ1) is 25.2. The number of methoxy groups -OCH3 is 1. The predicted molar refractivity (Wildman–Crippen MR) is 150 cm³/mol. The Bertz CT molecular complexity index is 1520. The molecule has 1 fully saturated rings. The van der Waals surface area contributed by atoms with Crippen molar-refractivity contribution in [3.63, 3.8) is 0 Å². The fourth-order valence-corrected chi connectivity index (χ4v) is 5.76. The molecule has 0 amide bonds. The molecule has 0 saturated carbocycles. The van der Waals surface area contributed by atoms with Gasteiger partial charge in [-0.05, 0) is 36.4 Å². The van der Waals surface area contributed by atoms with Gasteiger partial charge in [-0.2, -0.15) is 4.98 Å². The van der Waals surface area contributed by atoms with Gasteiger partial charge in [0.2, 0.25) is 21.9 Å². The molecule has 10 nitrogen and oxygen atoms in total.